The fraction of sp³-hybridized carbons (Fsp3) is 0.278. The van der Waals surface area contributed by atoms with Crippen molar-refractivity contribution in [3.63, 3.8) is 0 Å². The highest BCUT2D eigenvalue weighted by molar-refractivity contribution is 6.42. The van der Waals surface area contributed by atoms with Gasteiger partial charge in [-0.05, 0) is 25.5 Å². The molecule has 2 N–H and O–H groups in total. The van der Waals surface area contributed by atoms with Crippen LogP contribution in [0.3, 0.4) is 0 Å². The summed E-state index contributed by atoms with van der Waals surface area (Å²) < 4.78 is 5.13. The monoisotopic (exact) mass is 394 g/mol. The van der Waals surface area contributed by atoms with Crippen molar-refractivity contribution >= 4 is 35.1 Å². The number of aliphatic carboxylic acids is 1. The van der Waals surface area contributed by atoms with Gasteiger partial charge >= 0.3 is 11.9 Å². The fourth-order valence-corrected chi connectivity index (χ4v) is 3.29. The molecule has 1 aliphatic heterocycles. The van der Waals surface area contributed by atoms with Crippen LogP contribution in [0.4, 0.5) is 0 Å². The van der Waals surface area contributed by atoms with Gasteiger partial charge in [-0.2, -0.15) is 5.26 Å². The Hall–Kier alpha value is -2.49. The number of benzene rings is 1. The first-order valence-electron chi connectivity index (χ1n) is 7.69. The quantitative estimate of drug-likeness (QED) is 0.582. The lowest BCUT2D eigenvalue weighted by atomic mass is 9.80. The van der Waals surface area contributed by atoms with Crippen molar-refractivity contribution in [3.8, 4) is 6.07 Å². The summed E-state index contributed by atoms with van der Waals surface area (Å²) in [6.45, 7) is 3.16. The largest absolute Gasteiger partial charge is 0.478 e. The van der Waals surface area contributed by atoms with Crippen LogP contribution in [0.5, 0.6) is 0 Å². The van der Waals surface area contributed by atoms with Crippen molar-refractivity contribution in [3.05, 3.63) is 56.3 Å². The number of nitrogens with zero attached hydrogens (tertiary/aromatic N) is 1. The maximum absolute atomic E-state index is 12.6. The second-order valence-electron chi connectivity index (χ2n) is 5.63. The van der Waals surface area contributed by atoms with Crippen molar-refractivity contribution in [2.45, 2.75) is 26.2 Å². The molecule has 1 heterocycles. The second kappa shape index (κ2) is 8.26. The Kier molecular flexibility index (Phi) is 6.30. The molecule has 1 aromatic rings. The lowest BCUT2D eigenvalue weighted by molar-refractivity contribution is -0.139. The van der Waals surface area contributed by atoms with E-state index in [9.17, 15) is 14.7 Å². The van der Waals surface area contributed by atoms with E-state index >= 15 is 0 Å². The third-order valence-electron chi connectivity index (χ3n) is 3.95. The minimum atomic E-state index is -1.19. The summed E-state index contributed by atoms with van der Waals surface area (Å²) >= 11 is 12.4. The molecule has 1 aliphatic rings. The van der Waals surface area contributed by atoms with Crippen LogP contribution >= 0.6 is 23.2 Å². The molecule has 2 rings (SSSR count). The molecular weight excluding hydrogens is 379 g/mol. The van der Waals surface area contributed by atoms with E-state index in [0.717, 1.165) is 0 Å². The van der Waals surface area contributed by atoms with Gasteiger partial charge in [0.15, 0.2) is 0 Å². The van der Waals surface area contributed by atoms with Crippen molar-refractivity contribution in [2.75, 3.05) is 6.61 Å². The molecule has 0 spiro atoms. The maximum Gasteiger partial charge on any atom is 0.336 e. The van der Waals surface area contributed by atoms with Gasteiger partial charge in [0.05, 0.1) is 39.6 Å². The smallest absolute Gasteiger partial charge is 0.336 e. The average molecular weight is 395 g/mol. The van der Waals surface area contributed by atoms with Gasteiger partial charge in [0.1, 0.15) is 6.61 Å². The number of esters is 1. The zero-order valence-electron chi connectivity index (χ0n) is 14.1. The van der Waals surface area contributed by atoms with Gasteiger partial charge in [-0.1, -0.05) is 35.3 Å². The number of carboxylic acid groups (broad SMARTS) is 1. The van der Waals surface area contributed by atoms with Crippen LogP contribution in [-0.4, -0.2) is 23.7 Å². The Bertz CT molecular complexity index is 868. The number of rotatable bonds is 5. The lowest BCUT2D eigenvalue weighted by Crippen LogP contribution is -2.32. The molecule has 136 valence electrons. The number of ether oxygens (including phenoxy) is 1. The van der Waals surface area contributed by atoms with Gasteiger partial charge in [-0.3, -0.25) is 0 Å². The predicted octanol–water partition coefficient (Wildman–Crippen LogP) is 3.77. The van der Waals surface area contributed by atoms with Crippen molar-refractivity contribution < 1.29 is 19.4 Å². The van der Waals surface area contributed by atoms with Crippen LogP contribution < -0.4 is 5.32 Å². The number of dihydropyridines is 1. The van der Waals surface area contributed by atoms with E-state index in [1.807, 2.05) is 6.07 Å². The number of halogens is 2. The Morgan fingerprint density at radius 3 is 2.54 bits per heavy atom. The predicted molar refractivity (Wildman–Crippen MR) is 96.6 cm³/mol. The van der Waals surface area contributed by atoms with Gasteiger partial charge in [0, 0.05) is 11.4 Å². The number of hydrogen-bond acceptors (Lipinski definition) is 5. The van der Waals surface area contributed by atoms with Crippen molar-refractivity contribution in [1.29, 1.82) is 5.26 Å². The number of allylic oxidation sites excluding steroid dienone is 2. The molecule has 1 unspecified atom stereocenters. The number of carboxylic acids is 1. The summed E-state index contributed by atoms with van der Waals surface area (Å²) in [5, 5.41) is 21.6. The summed E-state index contributed by atoms with van der Waals surface area (Å²) in [6.07, 6.45) is 0.0364. The topological polar surface area (TPSA) is 99.4 Å². The van der Waals surface area contributed by atoms with Crippen LogP contribution in [0.2, 0.25) is 10.0 Å². The van der Waals surface area contributed by atoms with Gasteiger partial charge in [-0.25, -0.2) is 9.59 Å². The normalized spacial score (nSPS) is 16.8. The molecule has 1 atom stereocenters. The van der Waals surface area contributed by atoms with E-state index in [2.05, 4.69) is 5.32 Å². The van der Waals surface area contributed by atoms with Crippen LogP contribution in [-0.2, 0) is 14.3 Å². The SMILES string of the molecule is CC1=C(C(=O)O)C(c2cccc(Cl)c2Cl)C(C(=O)OCCC#N)=C(C)N1. The van der Waals surface area contributed by atoms with E-state index < -0.39 is 17.9 Å². The third-order valence-corrected chi connectivity index (χ3v) is 4.78. The Morgan fingerprint density at radius 2 is 1.92 bits per heavy atom. The van der Waals surface area contributed by atoms with Gasteiger partial charge in [0.25, 0.3) is 0 Å². The summed E-state index contributed by atoms with van der Waals surface area (Å²) in [7, 11) is 0. The number of hydrogen-bond donors (Lipinski definition) is 2. The summed E-state index contributed by atoms with van der Waals surface area (Å²) in [5.41, 5.74) is 1.34. The zero-order valence-corrected chi connectivity index (χ0v) is 15.6. The first-order valence-corrected chi connectivity index (χ1v) is 8.45. The summed E-state index contributed by atoms with van der Waals surface area (Å²) in [5.74, 6) is -2.85. The molecule has 0 aliphatic carbocycles. The highest BCUT2D eigenvalue weighted by atomic mass is 35.5. The van der Waals surface area contributed by atoms with Crippen molar-refractivity contribution in [2.24, 2.45) is 0 Å². The van der Waals surface area contributed by atoms with E-state index in [0.29, 0.717) is 17.0 Å². The number of nitrogens with one attached hydrogen (secondary N) is 1. The molecule has 26 heavy (non-hydrogen) atoms. The molecule has 0 amide bonds. The molecular formula is C18H16Cl2N2O4. The van der Waals surface area contributed by atoms with Crippen LogP contribution in [0.15, 0.2) is 40.7 Å². The van der Waals surface area contributed by atoms with Crippen LogP contribution in [0.1, 0.15) is 31.7 Å². The van der Waals surface area contributed by atoms with E-state index in [-0.39, 0.29) is 34.2 Å². The number of nitriles is 1. The summed E-state index contributed by atoms with van der Waals surface area (Å²) in [4.78, 5) is 24.5. The minimum absolute atomic E-state index is 0.0213. The van der Waals surface area contributed by atoms with E-state index in [1.54, 1.807) is 32.0 Å². The Labute approximate surface area is 160 Å². The standard InChI is InChI=1S/C18H16Cl2N2O4/c1-9-13(17(23)24)15(11-5-3-6-12(19)16(11)20)14(10(2)22-9)18(25)26-8-4-7-21/h3,5-6,15,22H,4,8H2,1-2H3,(H,23,24). The van der Waals surface area contributed by atoms with Gasteiger partial charge in [0.2, 0.25) is 0 Å². The minimum Gasteiger partial charge on any atom is -0.478 e. The van der Waals surface area contributed by atoms with Gasteiger partial charge in [-0.15, -0.1) is 0 Å². The molecule has 0 radical (unpaired) electrons. The molecule has 8 heteroatoms. The van der Waals surface area contributed by atoms with E-state index in [1.165, 1.54) is 0 Å². The third kappa shape index (κ3) is 3.85. The first-order chi connectivity index (χ1) is 12.3. The fourth-order valence-electron chi connectivity index (χ4n) is 2.87. The highest BCUT2D eigenvalue weighted by Gasteiger charge is 2.38. The zero-order chi connectivity index (χ0) is 19.4. The number of carbonyl (C=O) groups is 2. The second-order valence-corrected chi connectivity index (χ2v) is 6.41. The molecule has 0 aromatic heterocycles. The highest BCUT2D eigenvalue weighted by Crippen LogP contribution is 2.43. The maximum atomic E-state index is 12.6. The van der Waals surface area contributed by atoms with E-state index in [4.69, 9.17) is 33.2 Å². The molecule has 0 fully saturated rings. The van der Waals surface area contributed by atoms with Gasteiger partial charge < -0.3 is 15.2 Å². The summed E-state index contributed by atoms with van der Waals surface area (Å²) in [6, 6.07) is 6.71. The molecule has 0 saturated heterocycles. The Morgan fingerprint density at radius 1 is 1.27 bits per heavy atom. The first kappa shape index (κ1) is 19.8. The van der Waals surface area contributed by atoms with Crippen LogP contribution in [0.25, 0.3) is 0 Å². The Balaban J connectivity index is 2.62. The van der Waals surface area contributed by atoms with Crippen molar-refractivity contribution in [1.82, 2.24) is 5.32 Å². The molecule has 6 nitrogen and oxygen atoms in total. The van der Waals surface area contributed by atoms with Crippen LogP contribution in [0, 0.1) is 11.3 Å². The molecule has 1 aromatic carbocycles. The average Bonchev–Trinajstić information content (AvgIpc) is 2.56. The molecule has 0 saturated carbocycles. The lowest BCUT2D eigenvalue weighted by Gasteiger charge is -2.30. The molecule has 0 bridgehead atoms. The number of carbonyl (C=O) groups excluding carboxylic acids is 1.